The molecule has 28 N–H and O–H groups in total. The van der Waals surface area contributed by atoms with Gasteiger partial charge in [-0.15, -0.1) is 0 Å². The molecule has 0 unspecified atom stereocenters. The first kappa shape index (κ1) is 123. The molecule has 1 saturated heterocycles. The molecule has 0 saturated carbocycles. The van der Waals surface area contributed by atoms with Gasteiger partial charge in [0.2, 0.25) is 124 Å². The highest BCUT2D eigenvalue weighted by Crippen LogP contribution is 2.21. The fourth-order valence-electron chi connectivity index (χ4n) is 14.4. The number of carbonyl (C=O) groups is 21. The molecule has 0 aliphatic carbocycles. The topological polar surface area (TPSA) is 723 Å². The van der Waals surface area contributed by atoms with E-state index in [4.69, 9.17) is 22.9 Å². The van der Waals surface area contributed by atoms with Gasteiger partial charge in [-0.25, -0.2) is 0 Å². The molecular formula is C90H161N23O23. The van der Waals surface area contributed by atoms with Crippen molar-refractivity contribution in [1.82, 2.24) is 101 Å². The summed E-state index contributed by atoms with van der Waals surface area (Å²) < 4.78 is 0. The van der Waals surface area contributed by atoms with Gasteiger partial charge in [0.15, 0.2) is 0 Å². The molecule has 46 heteroatoms. The van der Waals surface area contributed by atoms with Crippen LogP contribution < -0.4 is 119 Å². The highest BCUT2D eigenvalue weighted by molar-refractivity contribution is 6.02. The van der Waals surface area contributed by atoms with Crippen LogP contribution in [0.25, 0.3) is 0 Å². The summed E-state index contributed by atoms with van der Waals surface area (Å²) in [6.07, 6.45) is 0.598. The number of unbranched alkanes of at least 4 members (excludes halogenated alkanes) is 1. The van der Waals surface area contributed by atoms with Crippen LogP contribution in [-0.4, -0.2) is 288 Å². The summed E-state index contributed by atoms with van der Waals surface area (Å²) in [6.45, 7) is 31.5. The lowest BCUT2D eigenvalue weighted by Crippen LogP contribution is -2.63. The van der Waals surface area contributed by atoms with Crippen LogP contribution in [0.3, 0.4) is 0 Å². The second-order valence-corrected chi connectivity index (χ2v) is 38.1. The zero-order valence-electron chi connectivity index (χ0n) is 83.3. The van der Waals surface area contributed by atoms with Crippen LogP contribution >= 0.6 is 0 Å². The Kier molecular flexibility index (Phi) is 56.4. The number of nitrogens with one attached hydrogen (secondary N) is 18. The van der Waals surface area contributed by atoms with Crippen molar-refractivity contribution >= 4 is 124 Å². The average molecular weight is 1930 g/mol. The van der Waals surface area contributed by atoms with Gasteiger partial charge in [0.1, 0.15) is 84.6 Å². The van der Waals surface area contributed by atoms with E-state index in [9.17, 15) is 111 Å². The van der Waals surface area contributed by atoms with Crippen LogP contribution in [-0.2, 0) is 101 Å². The monoisotopic (exact) mass is 1930 g/mol. The maximum atomic E-state index is 14.2. The fourth-order valence-corrected chi connectivity index (χ4v) is 14.4. The zero-order valence-corrected chi connectivity index (χ0v) is 83.3. The van der Waals surface area contributed by atoms with E-state index in [-0.39, 0.29) is 106 Å². The Morgan fingerprint density at radius 1 is 0.346 bits per heavy atom. The van der Waals surface area contributed by atoms with Gasteiger partial charge in [-0.1, -0.05) is 158 Å². The predicted octanol–water partition coefficient (Wildman–Crippen LogP) is -5.27. The van der Waals surface area contributed by atoms with Crippen LogP contribution in [0.5, 0.6) is 0 Å². The normalized spacial score (nSPS) is 16.5. The number of amides is 21. The summed E-state index contributed by atoms with van der Waals surface area (Å²) in [5, 5.41) is 66.6. The van der Waals surface area contributed by atoms with Gasteiger partial charge in [-0.3, -0.25) is 101 Å². The molecule has 0 aromatic carbocycles. The van der Waals surface area contributed by atoms with Crippen molar-refractivity contribution in [3.05, 3.63) is 0 Å². The second-order valence-electron chi connectivity index (χ2n) is 38.1. The first-order valence-electron chi connectivity index (χ1n) is 47.4. The van der Waals surface area contributed by atoms with Crippen molar-refractivity contribution in [2.24, 2.45) is 82.1 Å². The molecular weight excluding hydrogens is 1770 g/mol. The van der Waals surface area contributed by atoms with E-state index in [0.717, 1.165) is 6.92 Å². The zero-order chi connectivity index (χ0) is 104. The molecule has 0 aromatic rings. The number of hydrogen-bond donors (Lipinski definition) is 24. The molecule has 774 valence electrons. The number of carbonyl (C=O) groups excluding carboxylic acids is 21. The number of nitrogens with zero attached hydrogens (tertiary/aromatic N) is 1. The van der Waals surface area contributed by atoms with Gasteiger partial charge in [0, 0.05) is 6.54 Å². The second kappa shape index (κ2) is 62.4. The maximum Gasteiger partial charge on any atom is 0.245 e. The van der Waals surface area contributed by atoms with Gasteiger partial charge in [0.25, 0.3) is 0 Å². The van der Waals surface area contributed by atoms with E-state index >= 15 is 0 Å². The Morgan fingerprint density at radius 3 is 1.14 bits per heavy atom. The Hall–Kier alpha value is -11.3. The molecule has 0 bridgehead atoms. The summed E-state index contributed by atoms with van der Waals surface area (Å²) in [5.41, 5.74) is 22.8. The van der Waals surface area contributed by atoms with E-state index in [2.05, 4.69) is 95.7 Å². The van der Waals surface area contributed by atoms with Gasteiger partial charge in [-0.05, 0) is 137 Å². The van der Waals surface area contributed by atoms with Crippen molar-refractivity contribution < 1.29 is 111 Å². The van der Waals surface area contributed by atoms with Crippen LogP contribution in [0, 0.1) is 59.2 Å². The third-order valence-electron chi connectivity index (χ3n) is 22.9. The van der Waals surface area contributed by atoms with Crippen LogP contribution in [0.1, 0.15) is 235 Å². The van der Waals surface area contributed by atoms with E-state index < -0.39 is 290 Å². The van der Waals surface area contributed by atoms with Gasteiger partial charge in [-0.2, -0.15) is 0 Å². The molecule has 1 aliphatic heterocycles. The Bertz CT molecular complexity index is 4000. The summed E-state index contributed by atoms with van der Waals surface area (Å²) in [7, 11) is 0. The van der Waals surface area contributed by atoms with Crippen LogP contribution in [0.2, 0.25) is 0 Å². The molecule has 136 heavy (non-hydrogen) atoms. The van der Waals surface area contributed by atoms with Crippen LogP contribution in [0.4, 0.5) is 0 Å². The lowest BCUT2D eigenvalue weighted by molar-refractivity contribution is -0.140. The predicted molar refractivity (Wildman–Crippen MR) is 503 cm³/mol. The smallest absolute Gasteiger partial charge is 0.245 e. The lowest BCUT2D eigenvalue weighted by atomic mass is 9.96. The lowest BCUT2D eigenvalue weighted by Gasteiger charge is -2.31. The SMILES string of the molecule is CC[C@H](C)[C@H](N)C(=O)N[C@@H](CC(C)C)C(=O)NCC(=O)N1CCC[C@H]1C(=O)N[C@H](C(=O)N[C@H](C(=O)N[C@@H](CO)C(=O)N[C@H](C(=O)N[C@H](C(=O)NCC(=O)NCC(=O)N[C@H](C(=O)N[C@@H](CC(C)C)C(=O)NCC(=O)NCC(=O)N[C@@H](CC(C)C)C(=O)N[C@@H](CC(C)C)C(=O)N[C@@H](CCCCN)C(=O)N[C@@H](CC(N)=O)C(=O)N[C@@H](CC(C)C)C(N)=O)C(C)C)[C@@H](C)CC)[C@@H](C)O)[C@@H](C)CC)C(C)C. The molecule has 46 nitrogen and oxygen atoms in total. The highest BCUT2D eigenvalue weighted by atomic mass is 16.3. The van der Waals surface area contributed by atoms with E-state index in [1.165, 1.54) is 4.90 Å². The molecule has 1 rings (SSSR count). The number of aliphatic hydroxyl groups excluding tert-OH is 2. The largest absolute Gasteiger partial charge is 0.394 e. The Labute approximate surface area is 798 Å². The first-order chi connectivity index (χ1) is 63.5. The van der Waals surface area contributed by atoms with E-state index in [1.807, 2.05) is 27.7 Å². The third-order valence-corrected chi connectivity index (χ3v) is 22.9. The summed E-state index contributed by atoms with van der Waals surface area (Å²) in [4.78, 5) is 287. The molecule has 19 atom stereocenters. The molecule has 1 aliphatic rings. The van der Waals surface area contributed by atoms with E-state index in [1.54, 1.807) is 111 Å². The number of likely N-dealkylation sites (tertiary alicyclic amines) is 1. The summed E-state index contributed by atoms with van der Waals surface area (Å²) in [6, 6.07) is -20.0. The van der Waals surface area contributed by atoms with Crippen molar-refractivity contribution in [2.45, 2.75) is 332 Å². The maximum absolute atomic E-state index is 14.2. The average Bonchev–Trinajstić information content (AvgIpc) is 1.70. The van der Waals surface area contributed by atoms with Gasteiger partial charge < -0.3 is 134 Å². The quantitative estimate of drug-likeness (QED) is 0.0253. The van der Waals surface area contributed by atoms with Gasteiger partial charge in [0.05, 0.1) is 57.9 Å². The minimum Gasteiger partial charge on any atom is -0.394 e. The third kappa shape index (κ3) is 45.1. The van der Waals surface area contributed by atoms with Crippen molar-refractivity contribution in [3.63, 3.8) is 0 Å². The van der Waals surface area contributed by atoms with Crippen LogP contribution in [0.15, 0.2) is 0 Å². The number of rotatable bonds is 64. The van der Waals surface area contributed by atoms with Crippen molar-refractivity contribution in [1.29, 1.82) is 0 Å². The Morgan fingerprint density at radius 2 is 0.691 bits per heavy atom. The molecule has 1 fully saturated rings. The molecule has 0 aromatic heterocycles. The number of primary amides is 2. The van der Waals surface area contributed by atoms with Crippen molar-refractivity contribution in [2.75, 3.05) is 52.4 Å². The summed E-state index contributed by atoms with van der Waals surface area (Å²) in [5.74, 6) is -21.5. The highest BCUT2D eigenvalue weighted by Gasteiger charge is 2.42. The standard InChI is InChI=1S/C90H161N23O23/c1-22-51(18)70(93)85(131)105-57(33-45(6)7)78(124)99-42-69(121)113-31-27-29-63(113)84(130)109-72(50(16)17)88(134)111-74(53(20)24-3)89(135)107-62(43-114)83(129)112-75(54(21)115)90(136)110-73(52(19)23-2)86(132)98-39-66(118)96-41-68(120)108-71(49(14)15)87(133)106-58(34-46(8)9)77(123)97-38-65(117)95-40-67(119)100-59(35-47(10)11)80(126)103-60(36-48(12)13)81(127)101-55(28-25-26-30-91)79(125)104-61(37-64(92)116)82(128)102-56(76(94)122)32-44(4)5/h44-63,70-75,114-115H,22-43,91,93H2,1-21H3,(H2,92,116)(H2,94,122)(H,95,117)(H,96,118)(H,97,123)(H,98,132)(H,99,124)(H,100,119)(H,101,127)(H,102,128)(H,103,126)(H,104,125)(H,105,131)(H,106,133)(H,107,135)(H,108,120)(H,109,130)(H,110,136)(H,111,134)(H,112,129)/t51-,52-,53-,54+,55-,56-,57-,58-,59-,60-,61-,62-,63-,70-,71-,72-,73-,74-,75-/m0/s1. The minimum absolute atomic E-state index is 0.00934. The molecule has 21 amide bonds. The van der Waals surface area contributed by atoms with E-state index in [0.29, 0.717) is 25.7 Å². The molecule has 0 spiro atoms. The molecule has 1 heterocycles. The summed E-state index contributed by atoms with van der Waals surface area (Å²) >= 11 is 0. The van der Waals surface area contributed by atoms with Gasteiger partial charge >= 0.3 is 0 Å². The molecule has 0 radical (unpaired) electrons. The van der Waals surface area contributed by atoms with Crippen molar-refractivity contribution in [3.8, 4) is 0 Å². The number of nitrogens with two attached hydrogens (primary N) is 4. The fraction of sp³-hybridized carbons (Fsp3) is 0.767. The number of aliphatic hydroxyl groups is 2. The Balaban J connectivity index is 3.13. The minimum atomic E-state index is -1.85. The first-order valence-corrected chi connectivity index (χ1v) is 47.4. The number of hydrogen-bond acceptors (Lipinski definition) is 25.